The number of piperidine rings is 1. The monoisotopic (exact) mass is 396 g/mol. The third-order valence-corrected chi connectivity index (χ3v) is 7.01. The van der Waals surface area contributed by atoms with E-state index in [0.29, 0.717) is 37.2 Å². The number of hydrogen-bond donors (Lipinski definition) is 2. The molecule has 2 rings (SSSR count). The molecule has 2 N–H and O–H groups in total. The quantitative estimate of drug-likeness (QED) is 0.734. The average molecular weight is 397 g/mol. The highest BCUT2D eigenvalue weighted by Gasteiger charge is 2.33. The van der Waals surface area contributed by atoms with Gasteiger partial charge in [0, 0.05) is 31.5 Å². The number of carboxylic acids is 1. The number of aryl methyl sites for hydroxylation is 2. The van der Waals surface area contributed by atoms with E-state index in [0.717, 1.165) is 11.1 Å². The summed E-state index contributed by atoms with van der Waals surface area (Å²) < 4.78 is 27.2. The van der Waals surface area contributed by atoms with E-state index >= 15 is 0 Å². The normalized spacial score (nSPS) is 17.4. The molecule has 0 aliphatic carbocycles. The van der Waals surface area contributed by atoms with Crippen LogP contribution in [0.25, 0.3) is 0 Å². The van der Waals surface area contributed by atoms with Crippen LogP contribution in [0.2, 0.25) is 0 Å². The lowest BCUT2D eigenvalue weighted by atomic mass is 9.96. The van der Waals surface area contributed by atoms with Crippen LogP contribution in [-0.4, -0.2) is 48.8 Å². The maximum absolute atomic E-state index is 12.9. The van der Waals surface area contributed by atoms with Crippen LogP contribution < -0.4 is 5.32 Å². The highest BCUT2D eigenvalue weighted by atomic mass is 32.2. The molecule has 1 amide bonds. The molecule has 150 valence electrons. The fourth-order valence-corrected chi connectivity index (χ4v) is 5.03. The Labute approximate surface area is 160 Å². The van der Waals surface area contributed by atoms with Crippen LogP contribution >= 0.6 is 0 Å². The van der Waals surface area contributed by atoms with Gasteiger partial charge in [0.25, 0.3) is 0 Å². The van der Waals surface area contributed by atoms with E-state index in [1.54, 1.807) is 26.0 Å². The zero-order valence-corrected chi connectivity index (χ0v) is 16.9. The molecule has 0 spiro atoms. The summed E-state index contributed by atoms with van der Waals surface area (Å²) in [5, 5.41) is 11.5. The molecular formula is C19H28N2O5S. The number of rotatable bonds is 7. The first-order chi connectivity index (χ1) is 12.6. The van der Waals surface area contributed by atoms with Gasteiger partial charge in [0.05, 0.1) is 4.90 Å². The topological polar surface area (TPSA) is 104 Å². The summed E-state index contributed by atoms with van der Waals surface area (Å²) in [6.45, 7) is 6.10. The second-order valence-corrected chi connectivity index (χ2v) is 9.20. The van der Waals surface area contributed by atoms with Gasteiger partial charge in [-0.1, -0.05) is 17.7 Å². The lowest BCUT2D eigenvalue weighted by Crippen LogP contribution is -2.44. The molecule has 0 bridgehead atoms. The Morgan fingerprint density at radius 3 is 2.44 bits per heavy atom. The van der Waals surface area contributed by atoms with E-state index in [2.05, 4.69) is 5.32 Å². The van der Waals surface area contributed by atoms with Crippen molar-refractivity contribution in [3.8, 4) is 0 Å². The van der Waals surface area contributed by atoms with Crippen molar-refractivity contribution in [1.82, 2.24) is 9.62 Å². The van der Waals surface area contributed by atoms with Gasteiger partial charge in [-0.15, -0.1) is 0 Å². The Morgan fingerprint density at radius 2 is 1.89 bits per heavy atom. The molecule has 7 nitrogen and oxygen atoms in total. The Morgan fingerprint density at radius 1 is 1.26 bits per heavy atom. The van der Waals surface area contributed by atoms with Gasteiger partial charge >= 0.3 is 5.97 Å². The number of hydrogen-bond acceptors (Lipinski definition) is 4. The van der Waals surface area contributed by atoms with Gasteiger partial charge in [-0.2, -0.15) is 4.31 Å². The third-order valence-electron chi connectivity index (χ3n) is 4.95. The molecule has 0 radical (unpaired) electrons. The van der Waals surface area contributed by atoms with Crippen molar-refractivity contribution in [3.63, 3.8) is 0 Å². The first kappa shape index (κ1) is 21.4. The average Bonchev–Trinajstić information content (AvgIpc) is 2.59. The van der Waals surface area contributed by atoms with Crippen molar-refractivity contribution < 1.29 is 23.1 Å². The van der Waals surface area contributed by atoms with Gasteiger partial charge in [0.2, 0.25) is 15.9 Å². The number of amides is 1. The molecule has 1 heterocycles. The number of benzene rings is 1. The summed E-state index contributed by atoms with van der Waals surface area (Å²) in [5.41, 5.74) is 1.74. The summed E-state index contributed by atoms with van der Waals surface area (Å²) >= 11 is 0. The summed E-state index contributed by atoms with van der Waals surface area (Å²) in [7, 11) is -3.56. The van der Waals surface area contributed by atoms with Crippen LogP contribution in [0.5, 0.6) is 0 Å². The molecule has 1 saturated heterocycles. The molecule has 1 unspecified atom stereocenters. The van der Waals surface area contributed by atoms with E-state index in [1.165, 1.54) is 4.31 Å². The van der Waals surface area contributed by atoms with Crippen LogP contribution in [0, 0.1) is 19.8 Å². The molecule has 1 atom stereocenters. The predicted octanol–water partition coefficient (Wildman–Crippen LogP) is 2.07. The van der Waals surface area contributed by atoms with E-state index in [9.17, 15) is 18.0 Å². The number of carboxylic acid groups (broad SMARTS) is 1. The minimum absolute atomic E-state index is 0.00797. The van der Waals surface area contributed by atoms with Gasteiger partial charge < -0.3 is 10.4 Å². The van der Waals surface area contributed by atoms with Crippen LogP contribution in [0.3, 0.4) is 0 Å². The minimum atomic E-state index is -3.56. The number of carbonyl (C=O) groups excluding carboxylic acids is 1. The standard InChI is InChI=1S/C19H28N2O5S/c1-13-4-6-17(14(2)12-13)27(25,26)21-10-8-16(9-11-21)19(24)20-15(3)5-7-18(22)23/h4,6,12,15-16H,5,7-11H2,1-3H3,(H,20,24)(H,22,23). The fourth-order valence-electron chi connectivity index (χ4n) is 3.36. The van der Waals surface area contributed by atoms with Crippen molar-refractivity contribution in [2.45, 2.75) is 57.4 Å². The smallest absolute Gasteiger partial charge is 0.303 e. The number of sulfonamides is 1. The number of nitrogens with zero attached hydrogens (tertiary/aromatic N) is 1. The second kappa shape index (κ2) is 8.84. The summed E-state index contributed by atoms with van der Waals surface area (Å²) in [5.74, 6) is -1.26. The molecule has 1 aliphatic heterocycles. The summed E-state index contributed by atoms with van der Waals surface area (Å²) in [6, 6.07) is 5.07. The predicted molar refractivity (Wildman–Crippen MR) is 102 cm³/mol. The number of carbonyl (C=O) groups is 2. The molecule has 1 aromatic carbocycles. The Kier molecular flexibility index (Phi) is 7.00. The molecule has 1 aliphatic rings. The van der Waals surface area contributed by atoms with Gasteiger partial charge in [-0.3, -0.25) is 9.59 Å². The Balaban J connectivity index is 1.94. The lowest BCUT2D eigenvalue weighted by Gasteiger charge is -2.31. The van der Waals surface area contributed by atoms with Gasteiger partial charge in [0.15, 0.2) is 0 Å². The van der Waals surface area contributed by atoms with Gasteiger partial charge in [-0.05, 0) is 51.7 Å². The molecule has 27 heavy (non-hydrogen) atoms. The van der Waals surface area contributed by atoms with Crippen LogP contribution in [0.1, 0.15) is 43.7 Å². The van der Waals surface area contributed by atoms with Crippen molar-refractivity contribution in [3.05, 3.63) is 29.3 Å². The van der Waals surface area contributed by atoms with Gasteiger partial charge in [0.1, 0.15) is 0 Å². The van der Waals surface area contributed by atoms with E-state index in [1.807, 2.05) is 13.0 Å². The fraction of sp³-hybridized carbons (Fsp3) is 0.579. The first-order valence-electron chi connectivity index (χ1n) is 9.21. The van der Waals surface area contributed by atoms with Crippen LogP contribution in [0.15, 0.2) is 23.1 Å². The Bertz CT molecular complexity index is 798. The molecule has 1 fully saturated rings. The van der Waals surface area contributed by atoms with E-state index in [4.69, 9.17) is 5.11 Å². The first-order valence-corrected chi connectivity index (χ1v) is 10.6. The largest absolute Gasteiger partial charge is 0.481 e. The van der Waals surface area contributed by atoms with E-state index < -0.39 is 16.0 Å². The SMILES string of the molecule is Cc1ccc(S(=O)(=O)N2CCC(C(=O)NC(C)CCC(=O)O)CC2)c(C)c1. The van der Waals surface area contributed by atoms with Crippen molar-refractivity contribution in [1.29, 1.82) is 0 Å². The van der Waals surface area contributed by atoms with Crippen LogP contribution in [-0.2, 0) is 19.6 Å². The van der Waals surface area contributed by atoms with Crippen LogP contribution in [0.4, 0.5) is 0 Å². The lowest BCUT2D eigenvalue weighted by molar-refractivity contribution is -0.137. The number of nitrogens with one attached hydrogen (secondary N) is 1. The summed E-state index contributed by atoms with van der Waals surface area (Å²) in [6.07, 6.45) is 1.30. The maximum atomic E-state index is 12.9. The molecule has 0 aromatic heterocycles. The number of aliphatic carboxylic acids is 1. The van der Waals surface area contributed by atoms with Crippen molar-refractivity contribution in [2.75, 3.05) is 13.1 Å². The molecule has 1 aromatic rings. The third kappa shape index (κ3) is 5.52. The van der Waals surface area contributed by atoms with Crippen molar-refractivity contribution in [2.24, 2.45) is 5.92 Å². The molecule has 0 saturated carbocycles. The maximum Gasteiger partial charge on any atom is 0.303 e. The zero-order chi connectivity index (χ0) is 20.2. The minimum Gasteiger partial charge on any atom is -0.481 e. The van der Waals surface area contributed by atoms with Gasteiger partial charge in [-0.25, -0.2) is 8.42 Å². The zero-order valence-electron chi connectivity index (χ0n) is 16.1. The van der Waals surface area contributed by atoms with Crippen molar-refractivity contribution >= 4 is 21.9 Å². The highest BCUT2D eigenvalue weighted by Crippen LogP contribution is 2.26. The molecular weight excluding hydrogens is 368 g/mol. The summed E-state index contributed by atoms with van der Waals surface area (Å²) in [4.78, 5) is 23.3. The molecule has 8 heteroatoms. The van der Waals surface area contributed by atoms with E-state index in [-0.39, 0.29) is 24.3 Å². The highest BCUT2D eigenvalue weighted by molar-refractivity contribution is 7.89. The second-order valence-electron chi connectivity index (χ2n) is 7.29. The Hall–Kier alpha value is -1.93.